The second kappa shape index (κ2) is 5.14. The fraction of sp³-hybridized carbons (Fsp3) is 0. The molecule has 0 radical (unpaired) electrons. The minimum Gasteiger partial charge on any atom is -0.456 e. The second-order valence-electron chi connectivity index (χ2n) is 3.45. The van der Waals surface area contributed by atoms with E-state index < -0.39 is 0 Å². The number of fused-ring (bicyclic) bond motifs is 1. The summed E-state index contributed by atoms with van der Waals surface area (Å²) in [6.07, 6.45) is 7.29. The van der Waals surface area contributed by atoms with E-state index >= 15 is 0 Å². The lowest BCUT2D eigenvalue weighted by Gasteiger charge is -1.99. The number of hydrogen-bond acceptors (Lipinski definition) is 2. The van der Waals surface area contributed by atoms with Gasteiger partial charge in [-0.15, -0.1) is 12.6 Å². The Kier molecular flexibility index (Phi) is 3.79. The van der Waals surface area contributed by atoms with Crippen LogP contribution in [0.3, 0.4) is 0 Å². The van der Waals surface area contributed by atoms with Gasteiger partial charge < -0.3 is 4.42 Å². The van der Waals surface area contributed by atoms with Gasteiger partial charge in [0.25, 0.3) is 0 Å². The maximum absolute atomic E-state index is 5.73. The van der Waals surface area contributed by atoms with Crippen molar-refractivity contribution in [1.29, 1.82) is 0 Å². The van der Waals surface area contributed by atoms with Crippen LogP contribution in [-0.4, -0.2) is 0 Å². The van der Waals surface area contributed by atoms with E-state index in [4.69, 9.17) is 4.42 Å². The fourth-order valence-corrected chi connectivity index (χ4v) is 2.43. The molecule has 1 nitrogen and oxygen atoms in total. The summed E-state index contributed by atoms with van der Waals surface area (Å²) in [5.74, 6) is 0.760. The summed E-state index contributed by atoms with van der Waals surface area (Å²) in [5.41, 5.74) is 1.83. The van der Waals surface area contributed by atoms with Gasteiger partial charge in [-0.25, -0.2) is 0 Å². The molecular formula is C14H11IOS. The molecule has 86 valence electrons. The first-order valence-electron chi connectivity index (χ1n) is 5.04. The first-order chi connectivity index (χ1) is 8.19. The highest BCUT2D eigenvalue weighted by Gasteiger charge is 2.13. The van der Waals surface area contributed by atoms with E-state index in [0.29, 0.717) is 0 Å². The van der Waals surface area contributed by atoms with E-state index in [0.717, 1.165) is 30.8 Å². The molecule has 0 spiro atoms. The Bertz CT molecular complexity index is 623. The lowest BCUT2D eigenvalue weighted by molar-refractivity contribution is 0.603. The smallest absolute Gasteiger partial charge is 0.136 e. The summed E-state index contributed by atoms with van der Waals surface area (Å²) >= 11 is 6.81. The van der Waals surface area contributed by atoms with Crippen LogP contribution in [0.5, 0.6) is 0 Å². The van der Waals surface area contributed by atoms with Crippen molar-refractivity contribution in [3.8, 4) is 0 Å². The van der Waals surface area contributed by atoms with Crippen molar-refractivity contribution in [3.63, 3.8) is 0 Å². The zero-order valence-electron chi connectivity index (χ0n) is 9.11. The fourth-order valence-electron chi connectivity index (χ4n) is 1.67. The topological polar surface area (TPSA) is 13.1 Å². The summed E-state index contributed by atoms with van der Waals surface area (Å²) in [7, 11) is 0. The van der Waals surface area contributed by atoms with E-state index in [1.165, 1.54) is 0 Å². The van der Waals surface area contributed by atoms with Gasteiger partial charge in [0.15, 0.2) is 0 Å². The molecule has 1 heterocycles. The number of allylic oxidation sites excluding steroid dienone is 2. The van der Waals surface area contributed by atoms with Gasteiger partial charge in [-0.3, -0.25) is 0 Å². The Balaban J connectivity index is 2.85. The van der Waals surface area contributed by atoms with Crippen LogP contribution in [0.1, 0.15) is 11.3 Å². The van der Waals surface area contributed by atoms with Gasteiger partial charge in [-0.05, 0) is 40.8 Å². The average Bonchev–Trinajstić information content (AvgIpc) is 2.70. The molecule has 2 rings (SSSR count). The van der Waals surface area contributed by atoms with Crippen LogP contribution in [0.4, 0.5) is 0 Å². The molecule has 0 amide bonds. The van der Waals surface area contributed by atoms with Gasteiger partial charge in [0.05, 0.1) is 0 Å². The molecule has 2 aromatic rings. The maximum atomic E-state index is 5.73. The first kappa shape index (κ1) is 12.5. The van der Waals surface area contributed by atoms with Crippen LogP contribution in [0.25, 0.3) is 23.1 Å². The van der Waals surface area contributed by atoms with Gasteiger partial charge in [0.1, 0.15) is 11.3 Å². The Morgan fingerprint density at radius 3 is 2.71 bits per heavy atom. The van der Waals surface area contributed by atoms with Crippen molar-refractivity contribution < 1.29 is 4.42 Å². The number of halogens is 1. The molecule has 1 aromatic heterocycles. The molecule has 3 heteroatoms. The van der Waals surface area contributed by atoms with Gasteiger partial charge in [0, 0.05) is 19.4 Å². The van der Waals surface area contributed by atoms with Crippen molar-refractivity contribution in [2.75, 3.05) is 0 Å². The van der Waals surface area contributed by atoms with E-state index in [1.54, 1.807) is 12.2 Å². The van der Waals surface area contributed by atoms with E-state index in [2.05, 4.69) is 48.4 Å². The number of benzene rings is 1. The predicted octanol–water partition coefficient (Wildman–Crippen LogP) is 5.17. The molecule has 0 saturated heterocycles. The Labute approximate surface area is 119 Å². The molecule has 0 fully saturated rings. The zero-order valence-corrected chi connectivity index (χ0v) is 12.2. The van der Waals surface area contributed by atoms with E-state index in [-0.39, 0.29) is 0 Å². The third-order valence-corrected chi connectivity index (χ3v) is 4.22. The monoisotopic (exact) mass is 354 g/mol. The molecule has 0 atom stereocenters. The third-order valence-electron chi connectivity index (χ3n) is 2.43. The summed E-state index contributed by atoms with van der Waals surface area (Å²) in [6.45, 7) is 7.44. The minimum atomic E-state index is 0.760. The van der Waals surface area contributed by atoms with Gasteiger partial charge >= 0.3 is 0 Å². The van der Waals surface area contributed by atoms with Gasteiger partial charge in [-0.1, -0.05) is 31.4 Å². The molecule has 1 aromatic carbocycles. The third kappa shape index (κ3) is 2.21. The SMILES string of the molecule is C=C/C=C\c1c(C=C)oc2ccc(I)c(S)c12. The molecular weight excluding hydrogens is 343 g/mol. The Hall–Kier alpha value is -0.940. The number of furan rings is 1. The van der Waals surface area contributed by atoms with Crippen molar-refractivity contribution in [2.45, 2.75) is 4.90 Å². The summed E-state index contributed by atoms with van der Waals surface area (Å²) < 4.78 is 6.83. The molecule has 17 heavy (non-hydrogen) atoms. The molecule has 0 saturated carbocycles. The van der Waals surface area contributed by atoms with Gasteiger partial charge in [0.2, 0.25) is 0 Å². The highest BCUT2D eigenvalue weighted by Crippen LogP contribution is 2.35. The standard InChI is InChI=1S/C14H11IOS/c1-3-5-6-9-11(4-2)16-12-8-7-10(15)14(17)13(9)12/h3-8,17H,1-2H2/b6-5-. The van der Waals surface area contributed by atoms with Crippen molar-refractivity contribution in [3.05, 3.63) is 52.3 Å². The van der Waals surface area contributed by atoms with Crippen LogP contribution in [0.2, 0.25) is 0 Å². The van der Waals surface area contributed by atoms with Crippen LogP contribution < -0.4 is 0 Å². The quantitative estimate of drug-likeness (QED) is 0.456. The first-order valence-corrected chi connectivity index (χ1v) is 6.57. The molecule has 0 aliphatic carbocycles. The number of rotatable bonds is 3. The van der Waals surface area contributed by atoms with Crippen LogP contribution in [0.15, 0.2) is 46.8 Å². The summed E-state index contributed by atoms with van der Waals surface area (Å²) in [4.78, 5) is 0.934. The molecule has 0 bridgehead atoms. The normalized spacial score (nSPS) is 11.2. The second-order valence-corrected chi connectivity index (χ2v) is 5.06. The molecule has 0 unspecified atom stereocenters. The lowest BCUT2D eigenvalue weighted by Crippen LogP contribution is -1.79. The highest BCUT2D eigenvalue weighted by molar-refractivity contribution is 14.1. The van der Waals surface area contributed by atoms with Crippen molar-refractivity contribution in [1.82, 2.24) is 0 Å². The van der Waals surface area contributed by atoms with Gasteiger partial charge in [-0.2, -0.15) is 0 Å². The van der Waals surface area contributed by atoms with Crippen molar-refractivity contribution in [2.24, 2.45) is 0 Å². The number of thiol groups is 1. The zero-order chi connectivity index (χ0) is 12.4. The average molecular weight is 354 g/mol. The summed E-state index contributed by atoms with van der Waals surface area (Å²) in [6, 6.07) is 3.94. The van der Waals surface area contributed by atoms with E-state index in [1.807, 2.05) is 24.3 Å². The highest BCUT2D eigenvalue weighted by atomic mass is 127. The molecule has 0 N–H and O–H groups in total. The maximum Gasteiger partial charge on any atom is 0.136 e. The minimum absolute atomic E-state index is 0.760. The largest absolute Gasteiger partial charge is 0.456 e. The summed E-state index contributed by atoms with van der Waals surface area (Å²) in [5, 5.41) is 1.02. The Morgan fingerprint density at radius 2 is 2.06 bits per heavy atom. The lowest BCUT2D eigenvalue weighted by atomic mass is 10.1. The van der Waals surface area contributed by atoms with Crippen LogP contribution in [0, 0.1) is 3.57 Å². The van der Waals surface area contributed by atoms with Crippen LogP contribution >= 0.6 is 35.2 Å². The van der Waals surface area contributed by atoms with Crippen molar-refractivity contribution >= 4 is 58.3 Å². The predicted molar refractivity (Wildman–Crippen MR) is 85.5 cm³/mol. The molecule has 0 aliphatic heterocycles. The molecule has 0 aliphatic rings. The van der Waals surface area contributed by atoms with Crippen LogP contribution in [-0.2, 0) is 0 Å². The Morgan fingerprint density at radius 1 is 1.29 bits per heavy atom. The number of hydrogen-bond donors (Lipinski definition) is 1. The van der Waals surface area contributed by atoms with E-state index in [9.17, 15) is 0 Å².